The van der Waals surface area contributed by atoms with Gasteiger partial charge in [0.1, 0.15) is 5.82 Å². The lowest BCUT2D eigenvalue weighted by Crippen LogP contribution is -2.19. The van der Waals surface area contributed by atoms with Crippen LogP contribution in [0.25, 0.3) is 0 Å². The van der Waals surface area contributed by atoms with Crippen LogP contribution < -0.4 is 0 Å². The fourth-order valence-electron chi connectivity index (χ4n) is 1.89. The van der Waals surface area contributed by atoms with E-state index in [1.54, 1.807) is 6.92 Å². The molecule has 0 spiro atoms. The van der Waals surface area contributed by atoms with Gasteiger partial charge in [-0.3, -0.25) is 0 Å². The van der Waals surface area contributed by atoms with Crippen LogP contribution >= 0.6 is 11.8 Å². The molecular weight excluding hydrogens is 224 g/mol. The maximum atomic E-state index is 10.8. The van der Waals surface area contributed by atoms with Crippen molar-refractivity contribution in [3.05, 3.63) is 23.3 Å². The maximum absolute atomic E-state index is 10.8. The van der Waals surface area contributed by atoms with Crippen LogP contribution in [0.4, 0.5) is 0 Å². The predicted molar refractivity (Wildman–Crippen MR) is 62.8 cm³/mol. The van der Waals surface area contributed by atoms with Gasteiger partial charge in [-0.15, -0.1) is 11.8 Å². The molecule has 1 aliphatic heterocycles. The van der Waals surface area contributed by atoms with Crippen molar-refractivity contribution in [3.63, 3.8) is 0 Å². The van der Waals surface area contributed by atoms with E-state index < -0.39 is 5.97 Å². The number of carboxylic acid groups (broad SMARTS) is 1. The van der Waals surface area contributed by atoms with Crippen molar-refractivity contribution in [1.82, 2.24) is 9.97 Å². The quantitative estimate of drug-likeness (QED) is 0.856. The van der Waals surface area contributed by atoms with E-state index in [0.29, 0.717) is 5.69 Å². The third kappa shape index (κ3) is 1.91. The minimum absolute atomic E-state index is 0.0399. The first kappa shape index (κ1) is 11.4. The van der Waals surface area contributed by atoms with Gasteiger partial charge in [-0.1, -0.05) is 0 Å². The lowest BCUT2D eigenvalue weighted by molar-refractivity contribution is 0.0695. The van der Waals surface area contributed by atoms with Crippen LogP contribution in [0.2, 0.25) is 0 Å². The Labute approximate surface area is 98.5 Å². The minimum Gasteiger partial charge on any atom is -0.478 e. The van der Waals surface area contributed by atoms with E-state index in [9.17, 15) is 4.79 Å². The second kappa shape index (κ2) is 4.05. The number of rotatable bonds is 2. The van der Waals surface area contributed by atoms with Gasteiger partial charge in [-0.2, -0.15) is 0 Å². The molecule has 1 atom stereocenters. The van der Waals surface area contributed by atoms with Crippen molar-refractivity contribution in [2.45, 2.75) is 31.4 Å². The summed E-state index contributed by atoms with van der Waals surface area (Å²) >= 11 is 1.85. The van der Waals surface area contributed by atoms with Crippen LogP contribution in [0.5, 0.6) is 0 Å². The second-order valence-corrected chi connectivity index (χ2v) is 5.78. The average molecular weight is 238 g/mol. The highest BCUT2D eigenvalue weighted by Crippen LogP contribution is 2.44. The van der Waals surface area contributed by atoms with Crippen LogP contribution in [0.3, 0.4) is 0 Å². The smallest absolute Gasteiger partial charge is 0.339 e. The van der Waals surface area contributed by atoms with Crippen molar-refractivity contribution in [3.8, 4) is 0 Å². The Morgan fingerprint density at radius 3 is 2.88 bits per heavy atom. The molecule has 1 aromatic heterocycles. The standard InChI is InChI=1S/C11H14N2O2S/c1-7-8(9(14)15)6-12-10(13-7)11(2)4-3-5-16-11/h6H,3-5H2,1-2H3,(H,14,15). The monoisotopic (exact) mass is 238 g/mol. The molecule has 1 saturated heterocycles. The summed E-state index contributed by atoms with van der Waals surface area (Å²) in [6, 6.07) is 0. The molecule has 1 fully saturated rings. The van der Waals surface area contributed by atoms with Crippen LogP contribution in [0.15, 0.2) is 6.20 Å². The van der Waals surface area contributed by atoms with Gasteiger partial charge in [-0.25, -0.2) is 14.8 Å². The zero-order chi connectivity index (χ0) is 11.8. The molecule has 1 aliphatic rings. The Hall–Kier alpha value is -1.10. The van der Waals surface area contributed by atoms with Crippen LogP contribution in [0.1, 0.15) is 41.6 Å². The fraction of sp³-hybridized carbons (Fsp3) is 0.545. The number of carbonyl (C=O) groups is 1. The van der Waals surface area contributed by atoms with Crippen molar-refractivity contribution < 1.29 is 9.90 Å². The number of aryl methyl sites for hydroxylation is 1. The SMILES string of the molecule is Cc1nc(C2(C)CCCS2)ncc1C(=O)O. The fourth-order valence-corrected chi connectivity index (χ4v) is 3.14. The lowest BCUT2D eigenvalue weighted by Gasteiger charge is -2.21. The van der Waals surface area contributed by atoms with Gasteiger partial charge in [0.05, 0.1) is 16.0 Å². The van der Waals surface area contributed by atoms with Crippen molar-refractivity contribution in [1.29, 1.82) is 0 Å². The summed E-state index contributed by atoms with van der Waals surface area (Å²) in [4.78, 5) is 19.4. The molecule has 0 saturated carbocycles. The van der Waals surface area contributed by atoms with E-state index >= 15 is 0 Å². The summed E-state index contributed by atoms with van der Waals surface area (Å²) in [5.74, 6) is 0.922. The van der Waals surface area contributed by atoms with Gasteiger partial charge in [-0.05, 0) is 32.4 Å². The second-order valence-electron chi connectivity index (χ2n) is 4.18. The zero-order valence-electron chi connectivity index (χ0n) is 9.36. The highest BCUT2D eigenvalue weighted by molar-refractivity contribution is 8.00. The van der Waals surface area contributed by atoms with Crippen molar-refractivity contribution in [2.24, 2.45) is 0 Å². The number of thioether (sulfide) groups is 1. The largest absolute Gasteiger partial charge is 0.478 e. The van der Waals surface area contributed by atoms with Gasteiger partial charge in [0.2, 0.25) is 0 Å². The Kier molecular flexibility index (Phi) is 2.88. The maximum Gasteiger partial charge on any atom is 0.339 e. The predicted octanol–water partition coefficient (Wildman–Crippen LogP) is 2.23. The molecule has 2 heterocycles. The Bertz CT molecular complexity index is 428. The molecule has 0 bridgehead atoms. The first-order valence-corrected chi connectivity index (χ1v) is 6.23. The van der Waals surface area contributed by atoms with Gasteiger partial charge >= 0.3 is 5.97 Å². The van der Waals surface area contributed by atoms with E-state index in [4.69, 9.17) is 5.11 Å². The van der Waals surface area contributed by atoms with E-state index in [1.165, 1.54) is 12.6 Å². The molecule has 16 heavy (non-hydrogen) atoms. The zero-order valence-corrected chi connectivity index (χ0v) is 10.2. The van der Waals surface area contributed by atoms with Crippen molar-refractivity contribution in [2.75, 3.05) is 5.75 Å². The van der Waals surface area contributed by atoms with Crippen LogP contribution in [-0.2, 0) is 4.75 Å². The van der Waals surface area contributed by atoms with E-state index in [1.807, 2.05) is 11.8 Å². The lowest BCUT2D eigenvalue weighted by atomic mass is 10.0. The summed E-state index contributed by atoms with van der Waals surface area (Å²) < 4.78 is -0.0399. The number of carboxylic acids is 1. The third-order valence-electron chi connectivity index (χ3n) is 2.90. The molecule has 5 heteroatoms. The molecule has 1 N–H and O–H groups in total. The molecule has 0 aromatic carbocycles. The topological polar surface area (TPSA) is 63.1 Å². The highest BCUT2D eigenvalue weighted by Gasteiger charge is 2.34. The minimum atomic E-state index is -0.965. The van der Waals surface area contributed by atoms with E-state index in [0.717, 1.165) is 18.0 Å². The number of aromatic nitrogens is 2. The van der Waals surface area contributed by atoms with Crippen molar-refractivity contribution >= 4 is 17.7 Å². The molecule has 86 valence electrons. The first-order valence-electron chi connectivity index (χ1n) is 5.24. The van der Waals surface area contributed by atoms with E-state index in [-0.39, 0.29) is 10.3 Å². The van der Waals surface area contributed by atoms with Gasteiger partial charge < -0.3 is 5.11 Å². The number of nitrogens with zero attached hydrogens (tertiary/aromatic N) is 2. The Balaban J connectivity index is 2.37. The summed E-state index contributed by atoms with van der Waals surface area (Å²) in [7, 11) is 0. The van der Waals surface area contributed by atoms with Crippen LogP contribution in [0, 0.1) is 6.92 Å². The summed E-state index contributed by atoms with van der Waals surface area (Å²) in [6.45, 7) is 3.84. The molecule has 1 unspecified atom stereocenters. The first-order chi connectivity index (χ1) is 7.53. The molecule has 2 rings (SSSR count). The molecule has 0 radical (unpaired) electrons. The molecule has 0 aliphatic carbocycles. The Morgan fingerprint density at radius 2 is 2.38 bits per heavy atom. The highest BCUT2D eigenvalue weighted by atomic mass is 32.2. The Morgan fingerprint density at radius 1 is 1.62 bits per heavy atom. The summed E-state index contributed by atoms with van der Waals surface area (Å²) in [5, 5.41) is 8.90. The number of hydrogen-bond acceptors (Lipinski definition) is 4. The number of hydrogen-bond donors (Lipinski definition) is 1. The molecular formula is C11H14N2O2S. The van der Waals surface area contributed by atoms with Gasteiger partial charge in [0.25, 0.3) is 0 Å². The third-order valence-corrected chi connectivity index (χ3v) is 4.42. The number of aromatic carboxylic acids is 1. The van der Waals surface area contributed by atoms with Crippen LogP contribution in [-0.4, -0.2) is 26.8 Å². The summed E-state index contributed by atoms with van der Waals surface area (Å²) in [6.07, 6.45) is 3.65. The summed E-state index contributed by atoms with van der Waals surface area (Å²) in [5.41, 5.74) is 0.738. The molecule has 4 nitrogen and oxygen atoms in total. The molecule has 0 amide bonds. The van der Waals surface area contributed by atoms with Gasteiger partial charge in [0, 0.05) is 6.20 Å². The average Bonchev–Trinajstić information content (AvgIpc) is 2.66. The van der Waals surface area contributed by atoms with Gasteiger partial charge in [0.15, 0.2) is 0 Å². The van der Waals surface area contributed by atoms with E-state index in [2.05, 4.69) is 16.9 Å². The normalized spacial score (nSPS) is 24.6. The molecule has 1 aromatic rings.